The van der Waals surface area contributed by atoms with E-state index in [1.165, 1.54) is 17.7 Å². The number of para-hydroxylation sites is 1. The van der Waals surface area contributed by atoms with Crippen molar-refractivity contribution in [1.29, 1.82) is 0 Å². The highest BCUT2D eigenvalue weighted by Gasteiger charge is 2.29. The van der Waals surface area contributed by atoms with E-state index in [2.05, 4.69) is 42.0 Å². The van der Waals surface area contributed by atoms with Crippen LogP contribution in [0.25, 0.3) is 33.5 Å². The lowest BCUT2D eigenvalue weighted by atomic mass is 9.87. The number of nitrogens with zero attached hydrogens (tertiary/aromatic N) is 3. The number of hydrogen-bond acceptors (Lipinski definition) is 6. The lowest BCUT2D eigenvalue weighted by molar-refractivity contribution is 0.0796. The van der Waals surface area contributed by atoms with Crippen LogP contribution in [0.15, 0.2) is 70.3 Å². The van der Waals surface area contributed by atoms with E-state index < -0.39 is 8.07 Å². The first-order valence-corrected chi connectivity index (χ1v) is 19.0. The third kappa shape index (κ3) is 5.86. The molecule has 228 valence electrons. The van der Waals surface area contributed by atoms with Gasteiger partial charge in [-0.3, -0.25) is 4.79 Å². The highest BCUT2D eigenvalue weighted by molar-refractivity contribution is 6.76. The van der Waals surface area contributed by atoms with Crippen LogP contribution in [0.3, 0.4) is 0 Å². The molecule has 0 aliphatic heterocycles. The number of ether oxygens (including phenoxy) is 1. The Bertz CT molecular complexity index is 1870. The van der Waals surface area contributed by atoms with Gasteiger partial charge >= 0.3 is 0 Å². The minimum absolute atomic E-state index is 0.0589. The Morgan fingerprint density at radius 1 is 1.09 bits per heavy atom. The zero-order valence-corrected chi connectivity index (χ0v) is 27.0. The molecule has 0 fully saturated rings. The quantitative estimate of drug-likeness (QED) is 0.127. The maximum absolute atomic E-state index is 13.9. The fourth-order valence-electron chi connectivity index (χ4n) is 6.19. The van der Waals surface area contributed by atoms with Crippen molar-refractivity contribution < 1.29 is 13.5 Å². The van der Waals surface area contributed by atoms with E-state index >= 15 is 0 Å². The molecule has 0 bridgehead atoms. The van der Waals surface area contributed by atoms with Crippen molar-refractivity contribution in [3.63, 3.8) is 0 Å². The Labute approximate surface area is 258 Å². The van der Waals surface area contributed by atoms with Crippen molar-refractivity contribution in [3.8, 4) is 22.5 Å². The molecule has 3 aromatic carbocycles. The Kier molecular flexibility index (Phi) is 8.26. The monoisotopic (exact) mass is 610 g/mol. The molecule has 0 amide bonds. The lowest BCUT2D eigenvalue weighted by Gasteiger charge is -2.24. The Morgan fingerprint density at radius 2 is 1.84 bits per heavy atom. The van der Waals surface area contributed by atoms with Crippen LogP contribution in [0.4, 0.5) is 10.1 Å². The standard InChI is InChI=1S/C35H39FN4O3Si/c1-22-19-43-34-30(26-10-8-11-27(26)31(32(34)33(22)41)24-13-15-25(36)16-14-24)23(2)39-29-12-7-6-9-28(29)35-37-20-38-40(35)21-42-17-18-44(3,4)5/h6-7,9,12-16,19-20,23,39H,8,10-11,17-18,21H2,1-5H3. The van der Waals surface area contributed by atoms with Crippen molar-refractivity contribution in [1.82, 2.24) is 14.8 Å². The van der Waals surface area contributed by atoms with E-state index in [0.717, 1.165) is 64.6 Å². The summed E-state index contributed by atoms with van der Waals surface area (Å²) in [6.45, 7) is 11.9. The molecule has 1 aliphatic rings. The predicted octanol–water partition coefficient (Wildman–Crippen LogP) is 8.14. The normalized spacial score (nSPS) is 13.8. The summed E-state index contributed by atoms with van der Waals surface area (Å²) in [6, 6.07) is 15.4. The molecule has 1 atom stereocenters. The minimum atomic E-state index is -1.20. The molecule has 2 heterocycles. The van der Waals surface area contributed by atoms with Gasteiger partial charge in [0, 0.05) is 42.6 Å². The molecule has 2 aromatic heterocycles. The van der Waals surface area contributed by atoms with Crippen LogP contribution in [-0.2, 0) is 24.3 Å². The minimum Gasteiger partial charge on any atom is -0.463 e. The number of nitrogens with one attached hydrogen (secondary N) is 1. The van der Waals surface area contributed by atoms with E-state index in [4.69, 9.17) is 9.15 Å². The van der Waals surface area contributed by atoms with E-state index in [9.17, 15) is 9.18 Å². The van der Waals surface area contributed by atoms with E-state index in [-0.39, 0.29) is 17.3 Å². The van der Waals surface area contributed by atoms with Crippen LogP contribution in [-0.4, -0.2) is 29.4 Å². The van der Waals surface area contributed by atoms with Gasteiger partial charge in [0.1, 0.15) is 24.5 Å². The van der Waals surface area contributed by atoms with Crippen LogP contribution in [0.1, 0.15) is 41.6 Å². The number of aromatic nitrogens is 3. The van der Waals surface area contributed by atoms with Gasteiger partial charge in [0.25, 0.3) is 0 Å². The smallest absolute Gasteiger partial charge is 0.196 e. The fraction of sp³-hybridized carbons (Fsp3) is 0.343. The van der Waals surface area contributed by atoms with Crippen LogP contribution in [0, 0.1) is 12.7 Å². The third-order valence-electron chi connectivity index (χ3n) is 8.44. The molecule has 5 aromatic rings. The van der Waals surface area contributed by atoms with E-state index in [1.807, 2.05) is 24.3 Å². The number of benzene rings is 3. The Balaban J connectivity index is 1.40. The predicted molar refractivity (Wildman–Crippen MR) is 176 cm³/mol. The van der Waals surface area contributed by atoms with Crippen LogP contribution < -0.4 is 10.7 Å². The molecule has 9 heteroatoms. The number of hydrogen-bond donors (Lipinski definition) is 1. The summed E-state index contributed by atoms with van der Waals surface area (Å²) in [7, 11) is -1.20. The van der Waals surface area contributed by atoms with Gasteiger partial charge in [0.05, 0.1) is 17.7 Å². The zero-order valence-electron chi connectivity index (χ0n) is 26.0. The third-order valence-corrected chi connectivity index (χ3v) is 10.1. The molecule has 6 rings (SSSR count). The van der Waals surface area contributed by atoms with Crippen molar-refractivity contribution >= 4 is 24.7 Å². The largest absolute Gasteiger partial charge is 0.463 e. The second-order valence-electron chi connectivity index (χ2n) is 12.9. The van der Waals surface area contributed by atoms with Gasteiger partial charge in [-0.25, -0.2) is 14.1 Å². The highest BCUT2D eigenvalue weighted by atomic mass is 28.3. The first kappa shape index (κ1) is 30.0. The van der Waals surface area contributed by atoms with Crippen molar-refractivity contribution in [2.45, 2.75) is 71.6 Å². The number of fused-ring (bicyclic) bond motifs is 2. The van der Waals surface area contributed by atoms with E-state index in [0.29, 0.717) is 29.9 Å². The average molecular weight is 611 g/mol. The number of halogens is 1. The second kappa shape index (κ2) is 12.1. The number of rotatable bonds is 10. The summed E-state index contributed by atoms with van der Waals surface area (Å²) in [5.41, 5.74) is 7.89. The zero-order chi connectivity index (χ0) is 31.0. The molecule has 0 radical (unpaired) electrons. The highest BCUT2D eigenvalue weighted by Crippen LogP contribution is 2.44. The van der Waals surface area contributed by atoms with Gasteiger partial charge in [-0.1, -0.05) is 43.9 Å². The Morgan fingerprint density at radius 3 is 2.61 bits per heavy atom. The maximum Gasteiger partial charge on any atom is 0.196 e. The molecule has 1 N–H and O–H groups in total. The summed E-state index contributed by atoms with van der Waals surface area (Å²) in [6.07, 6.45) is 5.81. The number of aryl methyl sites for hydroxylation is 1. The van der Waals surface area contributed by atoms with Gasteiger partial charge in [0.15, 0.2) is 11.3 Å². The van der Waals surface area contributed by atoms with Gasteiger partial charge in [0.2, 0.25) is 0 Å². The van der Waals surface area contributed by atoms with Crippen LogP contribution >= 0.6 is 0 Å². The molecular weight excluding hydrogens is 571 g/mol. The summed E-state index contributed by atoms with van der Waals surface area (Å²) >= 11 is 0. The van der Waals surface area contributed by atoms with Crippen molar-refractivity contribution in [2.24, 2.45) is 0 Å². The summed E-state index contributed by atoms with van der Waals surface area (Å²) in [5.74, 6) is 0.414. The topological polar surface area (TPSA) is 82.2 Å². The molecule has 1 unspecified atom stereocenters. The van der Waals surface area contributed by atoms with Gasteiger partial charge in [-0.05, 0) is 80.1 Å². The van der Waals surface area contributed by atoms with Crippen molar-refractivity contribution in [2.75, 3.05) is 11.9 Å². The number of anilines is 1. The summed E-state index contributed by atoms with van der Waals surface area (Å²) in [5, 5.41) is 8.73. The average Bonchev–Trinajstić information content (AvgIpc) is 3.66. The molecule has 44 heavy (non-hydrogen) atoms. The van der Waals surface area contributed by atoms with Crippen LogP contribution in [0.2, 0.25) is 25.7 Å². The molecule has 0 saturated heterocycles. The first-order valence-electron chi connectivity index (χ1n) is 15.3. The molecular formula is C35H39FN4O3Si. The molecule has 1 aliphatic carbocycles. The summed E-state index contributed by atoms with van der Waals surface area (Å²) in [4.78, 5) is 18.3. The first-order chi connectivity index (χ1) is 21.1. The second-order valence-corrected chi connectivity index (χ2v) is 18.5. The molecule has 0 spiro atoms. The SMILES string of the molecule is Cc1coc2c(C(C)Nc3ccccc3-c3ncnn3COCC[Si](C)(C)C)c3c(c(-c4ccc(F)cc4)c2c1=O)CCC3. The van der Waals surface area contributed by atoms with Gasteiger partial charge < -0.3 is 14.5 Å². The van der Waals surface area contributed by atoms with E-state index in [1.54, 1.807) is 36.3 Å². The molecule has 7 nitrogen and oxygen atoms in total. The maximum atomic E-state index is 13.9. The summed E-state index contributed by atoms with van der Waals surface area (Å²) < 4.78 is 27.9. The van der Waals surface area contributed by atoms with Crippen LogP contribution in [0.5, 0.6) is 0 Å². The lowest BCUT2D eigenvalue weighted by Crippen LogP contribution is -2.22. The van der Waals surface area contributed by atoms with Gasteiger partial charge in [-0.15, -0.1) is 0 Å². The Hall–Kier alpha value is -4.08. The fourth-order valence-corrected chi connectivity index (χ4v) is 6.95. The molecule has 0 saturated carbocycles. The van der Waals surface area contributed by atoms with Gasteiger partial charge in [-0.2, -0.15) is 5.10 Å². The van der Waals surface area contributed by atoms with Crippen molar-refractivity contribution in [3.05, 3.63) is 99.4 Å².